The molecule has 2 aromatic rings. The van der Waals surface area contributed by atoms with E-state index >= 15 is 0 Å². The lowest BCUT2D eigenvalue weighted by Crippen LogP contribution is -2.21. The Morgan fingerprint density at radius 2 is 1.80 bits per heavy atom. The summed E-state index contributed by atoms with van der Waals surface area (Å²) in [5.74, 6) is 0. The van der Waals surface area contributed by atoms with Crippen LogP contribution in [-0.4, -0.2) is 22.6 Å². The van der Waals surface area contributed by atoms with Crippen molar-refractivity contribution < 1.29 is 0 Å². The van der Waals surface area contributed by atoms with Crippen LogP contribution in [0.2, 0.25) is 0 Å². The normalized spacial score (nSPS) is 10.6. The molecule has 0 saturated heterocycles. The molecule has 0 aliphatic rings. The predicted molar refractivity (Wildman–Crippen MR) is 85.2 cm³/mol. The van der Waals surface area contributed by atoms with Crippen LogP contribution in [0.1, 0.15) is 26.5 Å². The van der Waals surface area contributed by atoms with E-state index in [9.17, 15) is 0 Å². The second-order valence-corrected chi connectivity index (χ2v) is 4.74. The molecule has 0 unspecified atom stereocenters. The Bertz CT molecular complexity index is 512. The fourth-order valence-electron chi connectivity index (χ4n) is 2.35. The van der Waals surface area contributed by atoms with E-state index in [1.807, 2.05) is 12.5 Å². The molecule has 0 atom stereocenters. The van der Waals surface area contributed by atoms with Crippen molar-refractivity contribution in [3.8, 4) is 0 Å². The van der Waals surface area contributed by atoms with Gasteiger partial charge >= 0.3 is 0 Å². The molecule has 1 aromatic carbocycles. The molecule has 4 nitrogen and oxygen atoms in total. The second kappa shape index (κ2) is 6.98. The first-order valence-electron chi connectivity index (χ1n) is 7.36. The number of hydrogen-bond donors (Lipinski definition) is 1. The SMILES string of the molecule is CCN(CC)c1ccc(NCc2cncn2CC)cc1. The largest absolute Gasteiger partial charge is 0.379 e. The number of imidazole rings is 1. The van der Waals surface area contributed by atoms with Crippen molar-refractivity contribution in [1.29, 1.82) is 0 Å². The maximum atomic E-state index is 4.18. The van der Waals surface area contributed by atoms with Gasteiger partial charge in [0.25, 0.3) is 0 Å². The Morgan fingerprint density at radius 1 is 1.10 bits per heavy atom. The first-order valence-corrected chi connectivity index (χ1v) is 7.36. The summed E-state index contributed by atoms with van der Waals surface area (Å²) in [5.41, 5.74) is 3.63. The van der Waals surface area contributed by atoms with Gasteiger partial charge in [-0.05, 0) is 45.0 Å². The molecule has 108 valence electrons. The summed E-state index contributed by atoms with van der Waals surface area (Å²) in [7, 11) is 0. The number of aryl methyl sites for hydroxylation is 1. The van der Waals surface area contributed by atoms with E-state index < -0.39 is 0 Å². The third kappa shape index (κ3) is 3.32. The molecule has 4 heteroatoms. The third-order valence-electron chi connectivity index (χ3n) is 3.61. The maximum Gasteiger partial charge on any atom is 0.0948 e. The monoisotopic (exact) mass is 272 g/mol. The van der Waals surface area contributed by atoms with Crippen molar-refractivity contribution in [3.05, 3.63) is 42.5 Å². The molecule has 2 rings (SSSR count). The second-order valence-electron chi connectivity index (χ2n) is 4.74. The molecule has 0 radical (unpaired) electrons. The van der Waals surface area contributed by atoms with Crippen LogP contribution in [0.25, 0.3) is 0 Å². The summed E-state index contributed by atoms with van der Waals surface area (Å²) >= 11 is 0. The number of nitrogens with zero attached hydrogens (tertiary/aromatic N) is 3. The number of hydrogen-bond acceptors (Lipinski definition) is 3. The van der Waals surface area contributed by atoms with Gasteiger partial charge in [-0.25, -0.2) is 4.98 Å². The molecular weight excluding hydrogens is 248 g/mol. The molecular formula is C16H24N4. The van der Waals surface area contributed by atoms with Crippen molar-refractivity contribution in [1.82, 2.24) is 9.55 Å². The van der Waals surface area contributed by atoms with Crippen LogP contribution >= 0.6 is 0 Å². The van der Waals surface area contributed by atoms with Gasteiger partial charge in [-0.3, -0.25) is 0 Å². The summed E-state index contributed by atoms with van der Waals surface area (Å²) in [6.07, 6.45) is 3.79. The molecule has 0 saturated carbocycles. The van der Waals surface area contributed by atoms with E-state index in [1.165, 1.54) is 11.4 Å². The highest BCUT2D eigenvalue weighted by Gasteiger charge is 2.02. The standard InChI is InChI=1S/C16H24N4/c1-4-19(5-2)15-9-7-14(8-10-15)18-12-16-11-17-13-20(16)6-3/h7-11,13,18H,4-6,12H2,1-3H3. The summed E-state index contributed by atoms with van der Waals surface area (Å²) in [6.45, 7) is 10.3. The zero-order chi connectivity index (χ0) is 14.4. The molecule has 0 fully saturated rings. The van der Waals surface area contributed by atoms with Crippen LogP contribution in [0.3, 0.4) is 0 Å². The highest BCUT2D eigenvalue weighted by Crippen LogP contribution is 2.18. The van der Waals surface area contributed by atoms with E-state index in [2.05, 4.69) is 64.8 Å². The van der Waals surface area contributed by atoms with Gasteiger partial charge in [-0.2, -0.15) is 0 Å². The van der Waals surface area contributed by atoms with E-state index in [1.54, 1.807) is 0 Å². The highest BCUT2D eigenvalue weighted by atomic mass is 15.1. The lowest BCUT2D eigenvalue weighted by molar-refractivity contribution is 0.719. The van der Waals surface area contributed by atoms with Crippen LogP contribution < -0.4 is 10.2 Å². The molecule has 0 aliphatic heterocycles. The Kier molecular flexibility index (Phi) is 5.04. The maximum absolute atomic E-state index is 4.18. The number of nitrogens with one attached hydrogen (secondary N) is 1. The first-order chi connectivity index (χ1) is 9.78. The van der Waals surface area contributed by atoms with Crippen LogP contribution in [-0.2, 0) is 13.1 Å². The quantitative estimate of drug-likeness (QED) is 0.839. The molecule has 1 heterocycles. The molecule has 0 bridgehead atoms. The summed E-state index contributed by atoms with van der Waals surface area (Å²) < 4.78 is 2.15. The van der Waals surface area contributed by atoms with Crippen molar-refractivity contribution >= 4 is 11.4 Å². The summed E-state index contributed by atoms with van der Waals surface area (Å²) in [5, 5.41) is 3.44. The lowest BCUT2D eigenvalue weighted by Gasteiger charge is -2.21. The Morgan fingerprint density at radius 3 is 2.40 bits per heavy atom. The number of benzene rings is 1. The van der Waals surface area contributed by atoms with Crippen LogP contribution in [0.5, 0.6) is 0 Å². The first kappa shape index (κ1) is 14.4. The zero-order valence-electron chi connectivity index (χ0n) is 12.6. The highest BCUT2D eigenvalue weighted by molar-refractivity contribution is 5.55. The predicted octanol–water partition coefficient (Wildman–Crippen LogP) is 3.36. The zero-order valence-corrected chi connectivity index (χ0v) is 12.6. The number of anilines is 2. The fourth-order valence-corrected chi connectivity index (χ4v) is 2.35. The van der Waals surface area contributed by atoms with Crippen molar-refractivity contribution in [3.63, 3.8) is 0 Å². The average molecular weight is 272 g/mol. The molecule has 1 aromatic heterocycles. The Hall–Kier alpha value is -1.97. The fraction of sp³-hybridized carbons (Fsp3) is 0.438. The minimum Gasteiger partial charge on any atom is -0.379 e. The molecule has 0 spiro atoms. The van der Waals surface area contributed by atoms with Gasteiger partial charge < -0.3 is 14.8 Å². The van der Waals surface area contributed by atoms with Crippen molar-refractivity contribution in [2.45, 2.75) is 33.9 Å². The van der Waals surface area contributed by atoms with E-state index in [0.717, 1.165) is 31.9 Å². The van der Waals surface area contributed by atoms with Gasteiger partial charge in [0, 0.05) is 37.2 Å². The third-order valence-corrected chi connectivity index (χ3v) is 3.61. The van der Waals surface area contributed by atoms with E-state index in [0.29, 0.717) is 0 Å². The van der Waals surface area contributed by atoms with Crippen LogP contribution in [0.4, 0.5) is 11.4 Å². The smallest absolute Gasteiger partial charge is 0.0948 e. The van der Waals surface area contributed by atoms with Gasteiger partial charge in [0.2, 0.25) is 0 Å². The van der Waals surface area contributed by atoms with Gasteiger partial charge in [0.1, 0.15) is 0 Å². The topological polar surface area (TPSA) is 33.1 Å². The van der Waals surface area contributed by atoms with Crippen LogP contribution in [0, 0.1) is 0 Å². The molecule has 0 aliphatic carbocycles. The number of rotatable bonds is 7. The Labute approximate surface area is 121 Å². The molecule has 0 amide bonds. The van der Waals surface area contributed by atoms with E-state index in [-0.39, 0.29) is 0 Å². The average Bonchev–Trinajstić information content (AvgIpc) is 2.95. The minimum atomic E-state index is 0.804. The van der Waals surface area contributed by atoms with Gasteiger partial charge in [0.15, 0.2) is 0 Å². The lowest BCUT2D eigenvalue weighted by atomic mass is 10.2. The molecule has 1 N–H and O–H groups in total. The summed E-state index contributed by atoms with van der Waals surface area (Å²) in [4.78, 5) is 6.52. The van der Waals surface area contributed by atoms with E-state index in [4.69, 9.17) is 0 Å². The summed E-state index contributed by atoms with van der Waals surface area (Å²) in [6, 6.07) is 8.62. The van der Waals surface area contributed by atoms with Crippen molar-refractivity contribution in [2.75, 3.05) is 23.3 Å². The minimum absolute atomic E-state index is 0.804. The van der Waals surface area contributed by atoms with Crippen LogP contribution in [0.15, 0.2) is 36.8 Å². The Balaban J connectivity index is 1.97. The molecule has 20 heavy (non-hydrogen) atoms. The van der Waals surface area contributed by atoms with Gasteiger partial charge in [-0.1, -0.05) is 0 Å². The van der Waals surface area contributed by atoms with Gasteiger partial charge in [-0.15, -0.1) is 0 Å². The van der Waals surface area contributed by atoms with Gasteiger partial charge in [0.05, 0.1) is 18.6 Å². The van der Waals surface area contributed by atoms with Crippen molar-refractivity contribution in [2.24, 2.45) is 0 Å². The number of aromatic nitrogens is 2.